The molecule has 0 aliphatic rings. The molecule has 0 heterocycles. The van der Waals surface area contributed by atoms with Crippen LogP contribution in [-0.2, 0) is 0 Å². The fourth-order valence-electron chi connectivity index (χ4n) is 1.54. The second-order valence-corrected chi connectivity index (χ2v) is 5.93. The Labute approximate surface area is 132 Å². The Morgan fingerprint density at radius 3 is 2.74 bits per heavy atom. The molecular formula is C14H8BrIN2O. The monoisotopic (exact) mass is 426 g/mol. The zero-order valence-electron chi connectivity index (χ0n) is 9.65. The van der Waals surface area contributed by atoms with E-state index < -0.39 is 0 Å². The Hall–Kier alpha value is -1.39. The van der Waals surface area contributed by atoms with Crippen LogP contribution in [0.25, 0.3) is 0 Å². The summed E-state index contributed by atoms with van der Waals surface area (Å²) in [6, 6.07) is 14.5. The number of carbonyl (C=O) groups excluding carboxylic acids is 1. The molecule has 0 aliphatic heterocycles. The average Bonchev–Trinajstić information content (AvgIpc) is 2.39. The summed E-state index contributed by atoms with van der Waals surface area (Å²) in [5.74, 6) is -0.229. The van der Waals surface area contributed by atoms with Gasteiger partial charge in [0.05, 0.1) is 11.3 Å². The molecule has 0 saturated carbocycles. The molecule has 94 valence electrons. The maximum atomic E-state index is 12.1. The van der Waals surface area contributed by atoms with E-state index >= 15 is 0 Å². The quantitative estimate of drug-likeness (QED) is 0.732. The minimum atomic E-state index is -0.229. The van der Waals surface area contributed by atoms with Crippen LogP contribution in [0.15, 0.2) is 46.9 Å². The molecule has 0 aromatic heterocycles. The van der Waals surface area contributed by atoms with E-state index in [0.717, 1.165) is 8.04 Å². The molecule has 1 amide bonds. The summed E-state index contributed by atoms with van der Waals surface area (Å²) < 4.78 is 1.80. The van der Waals surface area contributed by atoms with E-state index in [1.54, 1.807) is 30.3 Å². The second-order valence-electron chi connectivity index (χ2n) is 3.77. The largest absolute Gasteiger partial charge is 0.321 e. The molecule has 2 aromatic rings. The number of nitrogens with one attached hydrogen (secondary N) is 1. The van der Waals surface area contributed by atoms with Crippen molar-refractivity contribution in [2.24, 2.45) is 0 Å². The fourth-order valence-corrected chi connectivity index (χ4v) is 2.45. The Morgan fingerprint density at radius 2 is 2.05 bits per heavy atom. The molecule has 0 fully saturated rings. The van der Waals surface area contributed by atoms with E-state index in [9.17, 15) is 4.79 Å². The smallest absolute Gasteiger partial charge is 0.255 e. The zero-order valence-corrected chi connectivity index (χ0v) is 13.4. The van der Waals surface area contributed by atoms with Crippen LogP contribution in [0.5, 0.6) is 0 Å². The number of anilines is 1. The highest BCUT2D eigenvalue weighted by molar-refractivity contribution is 14.1. The second kappa shape index (κ2) is 6.17. The normalized spacial score (nSPS) is 9.74. The molecule has 0 saturated heterocycles. The summed E-state index contributed by atoms with van der Waals surface area (Å²) >= 11 is 5.47. The molecule has 0 spiro atoms. The fraction of sp³-hybridized carbons (Fsp3) is 0. The third kappa shape index (κ3) is 3.55. The van der Waals surface area contributed by atoms with E-state index in [1.165, 1.54) is 0 Å². The first-order valence-electron chi connectivity index (χ1n) is 5.37. The lowest BCUT2D eigenvalue weighted by atomic mass is 10.1. The van der Waals surface area contributed by atoms with Crippen LogP contribution in [0, 0.1) is 14.9 Å². The number of nitrogens with zero attached hydrogens (tertiary/aromatic N) is 1. The Balaban J connectivity index is 2.29. The van der Waals surface area contributed by atoms with Gasteiger partial charge in [-0.05, 0) is 59.0 Å². The van der Waals surface area contributed by atoms with Crippen LogP contribution in [-0.4, -0.2) is 5.91 Å². The van der Waals surface area contributed by atoms with Gasteiger partial charge in [-0.2, -0.15) is 5.26 Å². The van der Waals surface area contributed by atoms with Gasteiger partial charge in [-0.1, -0.05) is 22.0 Å². The highest BCUT2D eigenvalue weighted by Gasteiger charge is 2.09. The van der Waals surface area contributed by atoms with Crippen LogP contribution in [0.4, 0.5) is 5.69 Å². The predicted octanol–water partition coefficient (Wildman–Crippen LogP) is 4.18. The minimum absolute atomic E-state index is 0.229. The number of hydrogen-bond acceptors (Lipinski definition) is 2. The van der Waals surface area contributed by atoms with Gasteiger partial charge in [0, 0.05) is 13.6 Å². The van der Waals surface area contributed by atoms with E-state index in [-0.39, 0.29) is 5.91 Å². The average molecular weight is 427 g/mol. The molecule has 19 heavy (non-hydrogen) atoms. The van der Waals surface area contributed by atoms with Gasteiger partial charge in [0.1, 0.15) is 6.07 Å². The van der Waals surface area contributed by atoms with Crippen LogP contribution in [0.1, 0.15) is 15.9 Å². The molecule has 5 heteroatoms. The van der Waals surface area contributed by atoms with E-state index in [1.807, 2.05) is 12.1 Å². The van der Waals surface area contributed by atoms with Crippen LogP contribution in [0.2, 0.25) is 0 Å². The Kier molecular flexibility index (Phi) is 4.56. The molecule has 2 rings (SSSR count). The van der Waals surface area contributed by atoms with Crippen molar-refractivity contribution in [2.45, 2.75) is 0 Å². The molecule has 0 radical (unpaired) electrons. The van der Waals surface area contributed by atoms with Crippen LogP contribution < -0.4 is 5.32 Å². The van der Waals surface area contributed by atoms with E-state index in [2.05, 4.69) is 49.9 Å². The first-order chi connectivity index (χ1) is 9.10. The molecule has 0 unspecified atom stereocenters. The topological polar surface area (TPSA) is 52.9 Å². The maximum Gasteiger partial charge on any atom is 0.255 e. The lowest BCUT2D eigenvalue weighted by molar-refractivity contribution is 0.102. The number of halogens is 2. The first-order valence-corrected chi connectivity index (χ1v) is 7.24. The van der Waals surface area contributed by atoms with Gasteiger partial charge < -0.3 is 5.32 Å². The van der Waals surface area contributed by atoms with Crippen molar-refractivity contribution in [3.8, 4) is 6.07 Å². The van der Waals surface area contributed by atoms with Crippen LogP contribution >= 0.6 is 38.5 Å². The van der Waals surface area contributed by atoms with Crippen molar-refractivity contribution in [3.05, 3.63) is 61.6 Å². The highest BCUT2D eigenvalue weighted by atomic mass is 127. The van der Waals surface area contributed by atoms with Crippen LogP contribution in [0.3, 0.4) is 0 Å². The molecule has 1 N–H and O–H groups in total. The van der Waals surface area contributed by atoms with Crippen molar-refractivity contribution in [2.75, 3.05) is 5.32 Å². The summed E-state index contributed by atoms with van der Waals surface area (Å²) in [5, 5.41) is 11.8. The number of benzene rings is 2. The highest BCUT2D eigenvalue weighted by Crippen LogP contribution is 2.21. The molecule has 3 nitrogen and oxygen atoms in total. The Bertz CT molecular complexity index is 679. The third-order valence-corrected chi connectivity index (χ3v) is 3.60. The number of rotatable bonds is 2. The molecular weight excluding hydrogens is 419 g/mol. The minimum Gasteiger partial charge on any atom is -0.321 e. The Morgan fingerprint density at radius 1 is 1.26 bits per heavy atom. The maximum absolute atomic E-state index is 12.1. The SMILES string of the molecule is N#Cc1ccc(Br)cc1NC(=O)c1cccc(I)c1. The van der Waals surface area contributed by atoms with Crippen molar-refractivity contribution >= 4 is 50.1 Å². The molecule has 0 atom stereocenters. The van der Waals surface area contributed by atoms with Gasteiger partial charge in [0.25, 0.3) is 5.91 Å². The van der Waals surface area contributed by atoms with Gasteiger partial charge in [-0.25, -0.2) is 0 Å². The van der Waals surface area contributed by atoms with Gasteiger partial charge in [0.15, 0.2) is 0 Å². The van der Waals surface area contributed by atoms with E-state index in [4.69, 9.17) is 5.26 Å². The standard InChI is InChI=1S/C14H8BrIN2O/c15-11-5-4-10(8-17)13(7-11)18-14(19)9-2-1-3-12(16)6-9/h1-7H,(H,18,19). The lowest BCUT2D eigenvalue weighted by Crippen LogP contribution is -2.13. The van der Waals surface area contributed by atoms with Gasteiger partial charge in [0.2, 0.25) is 0 Å². The third-order valence-electron chi connectivity index (χ3n) is 2.44. The number of carbonyl (C=O) groups is 1. The van der Waals surface area contributed by atoms with Gasteiger partial charge in [-0.3, -0.25) is 4.79 Å². The summed E-state index contributed by atoms with van der Waals surface area (Å²) in [6.07, 6.45) is 0. The molecule has 0 aliphatic carbocycles. The number of nitriles is 1. The summed E-state index contributed by atoms with van der Waals surface area (Å²) in [6.45, 7) is 0. The van der Waals surface area contributed by atoms with Crippen molar-refractivity contribution in [3.63, 3.8) is 0 Å². The van der Waals surface area contributed by atoms with Crippen molar-refractivity contribution in [1.82, 2.24) is 0 Å². The van der Waals surface area contributed by atoms with Gasteiger partial charge >= 0.3 is 0 Å². The lowest BCUT2D eigenvalue weighted by Gasteiger charge is -2.07. The van der Waals surface area contributed by atoms with E-state index in [0.29, 0.717) is 16.8 Å². The first kappa shape index (κ1) is 14.0. The predicted molar refractivity (Wildman–Crippen MR) is 86.0 cm³/mol. The summed E-state index contributed by atoms with van der Waals surface area (Å²) in [4.78, 5) is 12.1. The number of amides is 1. The molecule has 0 bridgehead atoms. The zero-order chi connectivity index (χ0) is 13.8. The number of hydrogen-bond donors (Lipinski definition) is 1. The summed E-state index contributed by atoms with van der Waals surface area (Å²) in [7, 11) is 0. The summed E-state index contributed by atoms with van der Waals surface area (Å²) in [5.41, 5.74) is 1.50. The van der Waals surface area contributed by atoms with Gasteiger partial charge in [-0.15, -0.1) is 0 Å². The van der Waals surface area contributed by atoms with Crippen molar-refractivity contribution in [1.29, 1.82) is 5.26 Å². The van der Waals surface area contributed by atoms with Crippen molar-refractivity contribution < 1.29 is 4.79 Å². The molecule has 2 aromatic carbocycles.